The van der Waals surface area contributed by atoms with Gasteiger partial charge in [-0.2, -0.15) is 0 Å². The van der Waals surface area contributed by atoms with Crippen LogP contribution in [0.25, 0.3) is 11.4 Å². The Bertz CT molecular complexity index is 476. The number of aryl methyl sites for hydroxylation is 2. The zero-order valence-corrected chi connectivity index (χ0v) is 9.49. The van der Waals surface area contributed by atoms with E-state index in [9.17, 15) is 0 Å². The summed E-state index contributed by atoms with van der Waals surface area (Å²) in [6.07, 6.45) is 1.72. The molecule has 15 heavy (non-hydrogen) atoms. The largest absolute Gasteiger partial charge is 0.314 e. The maximum atomic E-state index is 6.23. The first-order valence-electron chi connectivity index (χ1n) is 4.87. The summed E-state index contributed by atoms with van der Waals surface area (Å²) >= 11 is 6.23. The van der Waals surface area contributed by atoms with Gasteiger partial charge in [0, 0.05) is 12.1 Å². The van der Waals surface area contributed by atoms with Gasteiger partial charge in [-0.3, -0.25) is 0 Å². The number of aromatic nitrogens is 3. The molecule has 0 N–H and O–H groups in total. The van der Waals surface area contributed by atoms with Crippen LogP contribution in [0.1, 0.15) is 12.5 Å². The predicted octanol–water partition coefficient (Wildman–Crippen LogP) is 2.93. The van der Waals surface area contributed by atoms with E-state index in [4.69, 9.17) is 11.6 Å². The molecule has 0 amide bonds. The summed E-state index contributed by atoms with van der Waals surface area (Å²) in [7, 11) is 0. The minimum absolute atomic E-state index is 0.750. The van der Waals surface area contributed by atoms with Gasteiger partial charge >= 0.3 is 0 Å². The Morgan fingerprint density at radius 1 is 1.40 bits per heavy atom. The average molecular weight is 222 g/mol. The zero-order chi connectivity index (χ0) is 10.8. The molecule has 0 bridgehead atoms. The number of hydrogen-bond donors (Lipinski definition) is 0. The van der Waals surface area contributed by atoms with Crippen molar-refractivity contribution < 1.29 is 0 Å². The first-order chi connectivity index (χ1) is 7.24. The van der Waals surface area contributed by atoms with E-state index in [-0.39, 0.29) is 0 Å². The van der Waals surface area contributed by atoms with E-state index < -0.39 is 0 Å². The monoisotopic (exact) mass is 221 g/mol. The topological polar surface area (TPSA) is 30.7 Å². The highest BCUT2D eigenvalue weighted by molar-refractivity contribution is 6.33. The van der Waals surface area contributed by atoms with E-state index in [2.05, 4.69) is 17.1 Å². The van der Waals surface area contributed by atoms with Crippen LogP contribution in [0.5, 0.6) is 0 Å². The molecule has 2 aromatic rings. The molecule has 0 aliphatic carbocycles. The zero-order valence-electron chi connectivity index (χ0n) is 8.74. The summed E-state index contributed by atoms with van der Waals surface area (Å²) in [5, 5.41) is 8.73. The number of halogens is 1. The maximum absolute atomic E-state index is 6.23. The summed E-state index contributed by atoms with van der Waals surface area (Å²) in [6.45, 7) is 4.88. The van der Waals surface area contributed by atoms with Crippen molar-refractivity contribution in [3.8, 4) is 11.4 Å². The van der Waals surface area contributed by atoms with E-state index in [0.717, 1.165) is 28.5 Å². The summed E-state index contributed by atoms with van der Waals surface area (Å²) in [6, 6.07) is 5.93. The molecule has 1 aromatic heterocycles. The van der Waals surface area contributed by atoms with Crippen LogP contribution in [0.4, 0.5) is 0 Å². The van der Waals surface area contributed by atoms with Crippen LogP contribution >= 0.6 is 11.6 Å². The van der Waals surface area contributed by atoms with E-state index in [1.165, 1.54) is 0 Å². The van der Waals surface area contributed by atoms with Crippen LogP contribution in [-0.4, -0.2) is 14.8 Å². The smallest absolute Gasteiger partial charge is 0.165 e. The van der Waals surface area contributed by atoms with Gasteiger partial charge in [-0.15, -0.1) is 10.2 Å². The molecule has 0 fully saturated rings. The summed E-state index contributed by atoms with van der Waals surface area (Å²) in [4.78, 5) is 0. The second-order valence-electron chi connectivity index (χ2n) is 3.38. The maximum Gasteiger partial charge on any atom is 0.165 e. The van der Waals surface area contributed by atoms with Crippen molar-refractivity contribution in [3.63, 3.8) is 0 Å². The third-order valence-electron chi connectivity index (χ3n) is 2.39. The standard InChI is InChI=1S/C11H12ClN3/c1-3-15-7-13-14-11(15)9-6-4-5-8(2)10(9)12/h4-7H,3H2,1-2H3. The lowest BCUT2D eigenvalue weighted by Crippen LogP contribution is -1.96. The second-order valence-corrected chi connectivity index (χ2v) is 3.75. The third kappa shape index (κ3) is 1.75. The molecular formula is C11H12ClN3. The van der Waals surface area contributed by atoms with Crippen molar-refractivity contribution in [1.82, 2.24) is 14.8 Å². The second kappa shape index (κ2) is 4.03. The molecule has 1 aromatic carbocycles. The highest BCUT2D eigenvalue weighted by atomic mass is 35.5. The fourth-order valence-electron chi connectivity index (χ4n) is 1.52. The van der Waals surface area contributed by atoms with Gasteiger partial charge in [0.05, 0.1) is 5.02 Å². The first-order valence-corrected chi connectivity index (χ1v) is 5.25. The molecule has 3 nitrogen and oxygen atoms in total. The van der Waals surface area contributed by atoms with Gasteiger partial charge in [0.25, 0.3) is 0 Å². The number of hydrogen-bond acceptors (Lipinski definition) is 2. The summed E-state index contributed by atoms with van der Waals surface area (Å²) in [5.41, 5.74) is 2.00. The Labute approximate surface area is 93.7 Å². The molecule has 0 radical (unpaired) electrons. The average Bonchev–Trinajstić information content (AvgIpc) is 2.70. The first kappa shape index (κ1) is 10.2. The molecule has 0 aliphatic heterocycles. The van der Waals surface area contributed by atoms with E-state index in [0.29, 0.717) is 0 Å². The Kier molecular flexibility index (Phi) is 2.73. The Hall–Kier alpha value is -1.35. The molecule has 0 saturated heterocycles. The van der Waals surface area contributed by atoms with Crippen LogP contribution in [0.15, 0.2) is 24.5 Å². The highest BCUT2D eigenvalue weighted by Crippen LogP contribution is 2.28. The fourth-order valence-corrected chi connectivity index (χ4v) is 1.73. The van der Waals surface area contributed by atoms with Gasteiger partial charge in [-0.05, 0) is 25.5 Å². The van der Waals surface area contributed by atoms with Gasteiger partial charge in [0.15, 0.2) is 5.82 Å². The predicted molar refractivity (Wildman–Crippen MR) is 60.9 cm³/mol. The van der Waals surface area contributed by atoms with Crippen molar-refractivity contribution in [2.45, 2.75) is 20.4 Å². The summed E-state index contributed by atoms with van der Waals surface area (Å²) < 4.78 is 1.97. The lowest BCUT2D eigenvalue weighted by atomic mass is 10.1. The van der Waals surface area contributed by atoms with Crippen LogP contribution in [-0.2, 0) is 6.54 Å². The molecule has 0 unspecified atom stereocenters. The normalized spacial score (nSPS) is 10.6. The Morgan fingerprint density at radius 3 is 2.93 bits per heavy atom. The highest BCUT2D eigenvalue weighted by Gasteiger charge is 2.10. The van der Waals surface area contributed by atoms with Crippen molar-refractivity contribution in [3.05, 3.63) is 35.1 Å². The Balaban J connectivity index is 2.59. The van der Waals surface area contributed by atoms with E-state index in [1.54, 1.807) is 6.33 Å². The van der Waals surface area contributed by atoms with Crippen molar-refractivity contribution in [1.29, 1.82) is 0 Å². The van der Waals surface area contributed by atoms with Gasteiger partial charge < -0.3 is 4.57 Å². The number of rotatable bonds is 2. The minimum atomic E-state index is 0.750. The molecule has 78 valence electrons. The minimum Gasteiger partial charge on any atom is -0.314 e. The lowest BCUT2D eigenvalue weighted by molar-refractivity contribution is 0.767. The fraction of sp³-hybridized carbons (Fsp3) is 0.273. The van der Waals surface area contributed by atoms with Crippen LogP contribution in [0, 0.1) is 6.92 Å². The molecular weight excluding hydrogens is 210 g/mol. The van der Waals surface area contributed by atoms with Crippen molar-refractivity contribution in [2.75, 3.05) is 0 Å². The van der Waals surface area contributed by atoms with Crippen molar-refractivity contribution >= 4 is 11.6 Å². The third-order valence-corrected chi connectivity index (χ3v) is 2.89. The van der Waals surface area contributed by atoms with Gasteiger partial charge in [-0.25, -0.2) is 0 Å². The molecule has 2 rings (SSSR count). The SMILES string of the molecule is CCn1cnnc1-c1cccc(C)c1Cl. The van der Waals surface area contributed by atoms with Gasteiger partial charge in [0.2, 0.25) is 0 Å². The van der Waals surface area contributed by atoms with E-state index >= 15 is 0 Å². The van der Waals surface area contributed by atoms with Crippen LogP contribution in [0.2, 0.25) is 5.02 Å². The quantitative estimate of drug-likeness (QED) is 0.781. The number of nitrogens with zero attached hydrogens (tertiary/aromatic N) is 3. The summed E-state index contributed by atoms with van der Waals surface area (Å²) in [5.74, 6) is 0.825. The van der Waals surface area contributed by atoms with Crippen LogP contribution in [0.3, 0.4) is 0 Å². The lowest BCUT2D eigenvalue weighted by Gasteiger charge is -2.06. The molecule has 0 saturated carbocycles. The molecule has 0 aliphatic rings. The molecule has 0 atom stereocenters. The van der Waals surface area contributed by atoms with E-state index in [1.807, 2.05) is 29.7 Å². The van der Waals surface area contributed by atoms with Gasteiger partial charge in [-0.1, -0.05) is 23.7 Å². The van der Waals surface area contributed by atoms with Gasteiger partial charge in [0.1, 0.15) is 6.33 Å². The number of benzene rings is 1. The van der Waals surface area contributed by atoms with Crippen LogP contribution < -0.4 is 0 Å². The Morgan fingerprint density at radius 2 is 2.20 bits per heavy atom. The molecule has 4 heteroatoms. The molecule has 0 spiro atoms. The molecule has 1 heterocycles. The van der Waals surface area contributed by atoms with Crippen molar-refractivity contribution in [2.24, 2.45) is 0 Å².